The molecule has 1 N–H and O–H groups in total. The van der Waals surface area contributed by atoms with E-state index in [0.717, 1.165) is 12.8 Å². The Kier molecular flexibility index (Phi) is 2.86. The van der Waals surface area contributed by atoms with Gasteiger partial charge >= 0.3 is 0 Å². The molecule has 0 unspecified atom stereocenters. The molecule has 0 bridgehead atoms. The Labute approximate surface area is 108 Å². The normalized spacial score (nSPS) is 34.3. The van der Waals surface area contributed by atoms with Gasteiger partial charge in [-0.2, -0.15) is 0 Å². The van der Waals surface area contributed by atoms with Gasteiger partial charge < -0.3 is 10.1 Å². The summed E-state index contributed by atoms with van der Waals surface area (Å²) in [5, 5.41) is 3.10. The number of amides is 1. The van der Waals surface area contributed by atoms with Gasteiger partial charge in [0.25, 0.3) is 0 Å². The summed E-state index contributed by atoms with van der Waals surface area (Å²) in [5.41, 5.74) is 1.18. The third-order valence-electron chi connectivity index (χ3n) is 4.36. The van der Waals surface area contributed by atoms with Crippen molar-refractivity contribution in [1.82, 2.24) is 5.32 Å². The molecule has 1 aliphatic carbocycles. The van der Waals surface area contributed by atoms with Gasteiger partial charge in [0.05, 0.1) is 18.2 Å². The maximum atomic E-state index is 11.3. The lowest BCUT2D eigenvalue weighted by Crippen LogP contribution is -2.64. The van der Waals surface area contributed by atoms with Crippen LogP contribution in [0.4, 0.5) is 0 Å². The minimum Gasteiger partial charge on any atom is -0.371 e. The van der Waals surface area contributed by atoms with Gasteiger partial charge in [-0.3, -0.25) is 4.79 Å². The van der Waals surface area contributed by atoms with Crippen molar-refractivity contribution in [2.75, 3.05) is 6.61 Å². The van der Waals surface area contributed by atoms with Gasteiger partial charge in [0, 0.05) is 6.92 Å². The van der Waals surface area contributed by atoms with Crippen molar-refractivity contribution < 1.29 is 9.53 Å². The van der Waals surface area contributed by atoms with Gasteiger partial charge in [-0.15, -0.1) is 0 Å². The Morgan fingerprint density at radius 3 is 2.72 bits per heavy atom. The first-order valence-electron chi connectivity index (χ1n) is 6.65. The van der Waals surface area contributed by atoms with E-state index in [1.54, 1.807) is 6.92 Å². The minimum atomic E-state index is -0.0723. The summed E-state index contributed by atoms with van der Waals surface area (Å²) in [7, 11) is 0. The van der Waals surface area contributed by atoms with Crippen molar-refractivity contribution in [1.29, 1.82) is 0 Å². The predicted molar refractivity (Wildman–Crippen MR) is 69.0 cm³/mol. The van der Waals surface area contributed by atoms with Crippen molar-refractivity contribution in [3.05, 3.63) is 35.9 Å². The van der Waals surface area contributed by atoms with Crippen LogP contribution in [0.25, 0.3) is 0 Å². The van der Waals surface area contributed by atoms with Gasteiger partial charge in [0.15, 0.2) is 0 Å². The smallest absolute Gasteiger partial charge is 0.217 e. The van der Waals surface area contributed by atoms with Crippen LogP contribution < -0.4 is 5.32 Å². The Balaban J connectivity index is 1.71. The molecule has 1 aromatic rings. The maximum absolute atomic E-state index is 11.3. The second kappa shape index (κ2) is 4.39. The Hall–Kier alpha value is -1.35. The average molecular weight is 245 g/mol. The van der Waals surface area contributed by atoms with E-state index in [0.29, 0.717) is 12.5 Å². The molecule has 0 spiro atoms. The number of fused-ring (bicyclic) bond motifs is 1. The first kappa shape index (κ1) is 11.7. The molecule has 2 fully saturated rings. The molecule has 18 heavy (non-hydrogen) atoms. The van der Waals surface area contributed by atoms with Crippen LogP contribution in [0.5, 0.6) is 0 Å². The number of hydrogen-bond donors (Lipinski definition) is 1. The summed E-state index contributed by atoms with van der Waals surface area (Å²) in [5.74, 6) is 0.627. The van der Waals surface area contributed by atoms with E-state index in [9.17, 15) is 4.79 Å². The van der Waals surface area contributed by atoms with Crippen molar-refractivity contribution in [2.24, 2.45) is 5.92 Å². The third-order valence-corrected chi connectivity index (χ3v) is 4.36. The van der Waals surface area contributed by atoms with E-state index in [1.165, 1.54) is 12.0 Å². The zero-order valence-corrected chi connectivity index (χ0v) is 10.7. The van der Waals surface area contributed by atoms with Gasteiger partial charge in [0.2, 0.25) is 5.91 Å². The van der Waals surface area contributed by atoms with Crippen molar-refractivity contribution in [3.8, 4) is 0 Å². The second-order valence-corrected chi connectivity index (χ2v) is 5.52. The van der Waals surface area contributed by atoms with Crippen molar-refractivity contribution >= 4 is 5.91 Å². The zero-order chi connectivity index (χ0) is 12.6. The highest BCUT2D eigenvalue weighted by molar-refractivity contribution is 5.74. The van der Waals surface area contributed by atoms with E-state index < -0.39 is 0 Å². The van der Waals surface area contributed by atoms with Gasteiger partial charge in [-0.1, -0.05) is 30.3 Å². The molecule has 1 saturated carbocycles. The summed E-state index contributed by atoms with van der Waals surface area (Å²) < 4.78 is 5.99. The van der Waals surface area contributed by atoms with Crippen LogP contribution in [0.1, 0.15) is 37.9 Å². The SMILES string of the molecule is CC(=O)N[C@@]12CC[C@@H]1C[C@@H](c1ccccc1)OC2. The first-order valence-corrected chi connectivity index (χ1v) is 6.65. The lowest BCUT2D eigenvalue weighted by Gasteiger charge is -2.54. The quantitative estimate of drug-likeness (QED) is 0.869. The second-order valence-electron chi connectivity index (χ2n) is 5.52. The molecule has 0 aromatic heterocycles. The predicted octanol–water partition coefficient (Wildman–Crippen LogP) is 2.43. The van der Waals surface area contributed by atoms with E-state index >= 15 is 0 Å². The molecule has 1 amide bonds. The van der Waals surface area contributed by atoms with E-state index in [4.69, 9.17) is 4.74 Å². The lowest BCUT2D eigenvalue weighted by atomic mass is 9.63. The zero-order valence-electron chi connectivity index (χ0n) is 10.7. The van der Waals surface area contributed by atoms with Crippen molar-refractivity contribution in [2.45, 2.75) is 37.8 Å². The number of carbonyl (C=O) groups excluding carboxylic acids is 1. The molecule has 96 valence electrons. The molecular weight excluding hydrogens is 226 g/mol. The molecule has 3 heteroatoms. The molecule has 1 saturated heterocycles. The summed E-state index contributed by atoms with van der Waals surface area (Å²) in [6.45, 7) is 2.24. The van der Waals surface area contributed by atoms with Gasteiger partial charge in [-0.05, 0) is 30.7 Å². The van der Waals surface area contributed by atoms with Crippen LogP contribution >= 0.6 is 0 Å². The van der Waals surface area contributed by atoms with Crippen LogP contribution in [0.2, 0.25) is 0 Å². The molecule has 1 heterocycles. The number of benzene rings is 1. The summed E-state index contributed by atoms with van der Waals surface area (Å²) in [6, 6.07) is 10.4. The molecule has 2 aliphatic rings. The topological polar surface area (TPSA) is 38.3 Å². The Morgan fingerprint density at radius 1 is 1.39 bits per heavy atom. The maximum Gasteiger partial charge on any atom is 0.217 e. The standard InChI is InChI=1S/C15H19NO2/c1-11(17)16-15-8-7-13(15)9-14(18-10-15)12-5-3-2-4-6-12/h2-6,13-14H,7-10H2,1H3,(H,16,17)/t13-,14+,15-/m1/s1. The Bertz CT molecular complexity index is 445. The molecular formula is C15H19NO2. The van der Waals surface area contributed by atoms with Crippen LogP contribution in [0, 0.1) is 5.92 Å². The summed E-state index contributed by atoms with van der Waals surface area (Å²) >= 11 is 0. The highest BCUT2D eigenvalue weighted by Crippen LogP contribution is 2.48. The fourth-order valence-electron chi connectivity index (χ4n) is 3.26. The molecule has 1 aliphatic heterocycles. The van der Waals surface area contributed by atoms with Crippen LogP contribution in [0.15, 0.2) is 30.3 Å². The van der Waals surface area contributed by atoms with E-state index in [-0.39, 0.29) is 17.6 Å². The summed E-state index contributed by atoms with van der Waals surface area (Å²) in [4.78, 5) is 11.3. The number of rotatable bonds is 2. The number of ether oxygens (including phenoxy) is 1. The highest BCUT2D eigenvalue weighted by atomic mass is 16.5. The fraction of sp³-hybridized carbons (Fsp3) is 0.533. The number of nitrogens with one attached hydrogen (secondary N) is 1. The van der Waals surface area contributed by atoms with E-state index in [1.807, 2.05) is 6.07 Å². The Morgan fingerprint density at radius 2 is 2.17 bits per heavy atom. The largest absolute Gasteiger partial charge is 0.371 e. The number of hydrogen-bond acceptors (Lipinski definition) is 2. The van der Waals surface area contributed by atoms with Gasteiger partial charge in [-0.25, -0.2) is 0 Å². The number of carbonyl (C=O) groups is 1. The van der Waals surface area contributed by atoms with Crippen LogP contribution in [-0.4, -0.2) is 18.1 Å². The molecule has 3 rings (SSSR count). The molecule has 1 aromatic carbocycles. The average Bonchev–Trinajstić information content (AvgIpc) is 2.35. The van der Waals surface area contributed by atoms with E-state index in [2.05, 4.69) is 29.6 Å². The fourth-order valence-corrected chi connectivity index (χ4v) is 3.26. The lowest BCUT2D eigenvalue weighted by molar-refractivity contribution is -0.140. The third kappa shape index (κ3) is 1.93. The highest BCUT2D eigenvalue weighted by Gasteiger charge is 2.51. The molecule has 3 nitrogen and oxygen atoms in total. The first-order chi connectivity index (χ1) is 8.70. The summed E-state index contributed by atoms with van der Waals surface area (Å²) in [6.07, 6.45) is 3.47. The monoisotopic (exact) mass is 245 g/mol. The van der Waals surface area contributed by atoms with Crippen molar-refractivity contribution in [3.63, 3.8) is 0 Å². The van der Waals surface area contributed by atoms with Gasteiger partial charge in [0.1, 0.15) is 0 Å². The minimum absolute atomic E-state index is 0.0569. The van der Waals surface area contributed by atoms with Crippen LogP contribution in [0.3, 0.4) is 0 Å². The van der Waals surface area contributed by atoms with Crippen LogP contribution in [-0.2, 0) is 9.53 Å². The molecule has 0 radical (unpaired) electrons. The molecule has 3 atom stereocenters.